The molecule has 1 aliphatic rings. The first-order valence-corrected chi connectivity index (χ1v) is 9.88. The molecule has 0 aromatic carbocycles. The standard InChI is InChI=1S/C17H20N2O4S2/c1-10-9-24-17(22)19(10)8-13(20)18-15-14(16(21)23-2)11-6-4-3-5-7-12(11)25-15/h9H,3-8H2,1-2H3,(H,18,20). The van der Waals surface area contributed by atoms with Crippen LogP contribution >= 0.6 is 22.7 Å². The summed E-state index contributed by atoms with van der Waals surface area (Å²) in [5, 5.41) is 5.08. The molecule has 8 heteroatoms. The molecular weight excluding hydrogens is 360 g/mol. The smallest absolute Gasteiger partial charge is 0.341 e. The van der Waals surface area contributed by atoms with E-state index in [0.717, 1.165) is 59.6 Å². The largest absolute Gasteiger partial charge is 0.465 e. The molecule has 0 unspecified atom stereocenters. The number of thiazole rings is 1. The Labute approximate surface area is 153 Å². The normalized spacial score (nSPS) is 13.8. The molecule has 1 N–H and O–H groups in total. The molecule has 0 fully saturated rings. The number of thiophene rings is 1. The van der Waals surface area contributed by atoms with Gasteiger partial charge in [-0.2, -0.15) is 0 Å². The van der Waals surface area contributed by atoms with Crippen molar-refractivity contribution < 1.29 is 14.3 Å². The fraction of sp³-hybridized carbons (Fsp3) is 0.471. The Morgan fingerprint density at radius 1 is 1.28 bits per heavy atom. The minimum absolute atomic E-state index is 0.0582. The van der Waals surface area contributed by atoms with Crippen LogP contribution in [0.3, 0.4) is 0 Å². The van der Waals surface area contributed by atoms with Gasteiger partial charge in [-0.1, -0.05) is 17.8 Å². The first-order valence-electron chi connectivity index (χ1n) is 8.19. The number of hydrogen-bond donors (Lipinski definition) is 1. The number of ether oxygens (including phenoxy) is 1. The van der Waals surface area contributed by atoms with Crippen LogP contribution in [0.25, 0.3) is 0 Å². The molecule has 1 amide bonds. The Bertz CT molecular complexity index is 863. The van der Waals surface area contributed by atoms with Crippen LogP contribution in [-0.2, 0) is 28.9 Å². The second-order valence-electron chi connectivity index (χ2n) is 6.04. The van der Waals surface area contributed by atoms with Crippen LogP contribution in [0, 0.1) is 6.92 Å². The lowest BCUT2D eigenvalue weighted by Gasteiger charge is -2.08. The molecule has 134 valence electrons. The highest BCUT2D eigenvalue weighted by Crippen LogP contribution is 2.37. The molecule has 0 aliphatic heterocycles. The third kappa shape index (κ3) is 3.69. The van der Waals surface area contributed by atoms with Crippen molar-refractivity contribution in [3.8, 4) is 0 Å². The molecule has 0 atom stereocenters. The third-order valence-electron chi connectivity index (χ3n) is 4.34. The van der Waals surface area contributed by atoms with Gasteiger partial charge in [-0.15, -0.1) is 11.3 Å². The number of aromatic nitrogens is 1. The van der Waals surface area contributed by atoms with Gasteiger partial charge in [0.1, 0.15) is 11.5 Å². The zero-order valence-corrected chi connectivity index (χ0v) is 15.8. The van der Waals surface area contributed by atoms with Crippen LogP contribution in [0.1, 0.15) is 45.8 Å². The lowest BCUT2D eigenvalue weighted by atomic mass is 10.1. The predicted molar refractivity (Wildman–Crippen MR) is 98.9 cm³/mol. The first kappa shape index (κ1) is 17.9. The number of rotatable bonds is 4. The summed E-state index contributed by atoms with van der Waals surface area (Å²) in [7, 11) is 1.35. The van der Waals surface area contributed by atoms with E-state index in [9.17, 15) is 14.4 Å². The maximum Gasteiger partial charge on any atom is 0.341 e. The Morgan fingerprint density at radius 2 is 2.04 bits per heavy atom. The lowest BCUT2D eigenvalue weighted by Crippen LogP contribution is -2.25. The van der Waals surface area contributed by atoms with Crippen LogP contribution < -0.4 is 10.2 Å². The van der Waals surface area contributed by atoms with Crippen LogP contribution in [0.5, 0.6) is 0 Å². The summed E-state index contributed by atoms with van der Waals surface area (Å²) in [6.07, 6.45) is 5.01. The summed E-state index contributed by atoms with van der Waals surface area (Å²) in [5.74, 6) is -0.733. The summed E-state index contributed by atoms with van der Waals surface area (Å²) in [5.41, 5.74) is 2.24. The molecule has 3 rings (SSSR count). The van der Waals surface area contributed by atoms with Gasteiger partial charge >= 0.3 is 10.8 Å². The van der Waals surface area contributed by atoms with Crippen molar-refractivity contribution in [1.82, 2.24) is 4.57 Å². The molecule has 2 aromatic rings. The molecule has 2 aromatic heterocycles. The van der Waals surface area contributed by atoms with Gasteiger partial charge in [0.25, 0.3) is 0 Å². The molecular formula is C17H20N2O4S2. The van der Waals surface area contributed by atoms with Crippen LogP contribution in [0.4, 0.5) is 5.00 Å². The number of carbonyl (C=O) groups excluding carboxylic acids is 2. The average molecular weight is 380 g/mol. The summed E-state index contributed by atoms with van der Waals surface area (Å²) in [6, 6.07) is 0. The van der Waals surface area contributed by atoms with Crippen molar-refractivity contribution in [2.24, 2.45) is 0 Å². The number of carbonyl (C=O) groups is 2. The maximum absolute atomic E-state index is 12.4. The minimum atomic E-state index is -0.418. The van der Waals surface area contributed by atoms with Gasteiger partial charge < -0.3 is 10.1 Å². The van der Waals surface area contributed by atoms with Crippen molar-refractivity contribution in [2.75, 3.05) is 12.4 Å². The number of nitrogens with zero attached hydrogens (tertiary/aromatic N) is 1. The highest BCUT2D eigenvalue weighted by Gasteiger charge is 2.26. The fourth-order valence-corrected chi connectivity index (χ4v) is 5.08. The second kappa shape index (κ2) is 7.53. The zero-order chi connectivity index (χ0) is 18.0. The molecule has 6 nitrogen and oxygen atoms in total. The molecule has 0 saturated carbocycles. The lowest BCUT2D eigenvalue weighted by molar-refractivity contribution is -0.116. The van der Waals surface area contributed by atoms with E-state index >= 15 is 0 Å². The average Bonchev–Trinajstić information content (AvgIpc) is 2.97. The zero-order valence-electron chi connectivity index (χ0n) is 14.2. The topological polar surface area (TPSA) is 77.4 Å². The number of esters is 1. The minimum Gasteiger partial charge on any atom is -0.465 e. The monoisotopic (exact) mass is 380 g/mol. The van der Waals surface area contributed by atoms with E-state index in [-0.39, 0.29) is 17.3 Å². The molecule has 0 spiro atoms. The molecule has 2 heterocycles. The Hall–Kier alpha value is -1.93. The van der Waals surface area contributed by atoms with Gasteiger partial charge in [-0.25, -0.2) is 4.79 Å². The Morgan fingerprint density at radius 3 is 2.72 bits per heavy atom. The highest BCUT2D eigenvalue weighted by atomic mass is 32.1. The predicted octanol–water partition coefficient (Wildman–Crippen LogP) is 2.97. The Balaban J connectivity index is 1.87. The van der Waals surface area contributed by atoms with Gasteiger partial charge in [-0.3, -0.25) is 14.2 Å². The van der Waals surface area contributed by atoms with E-state index in [2.05, 4.69) is 5.32 Å². The Kier molecular flexibility index (Phi) is 5.39. The molecule has 0 saturated heterocycles. The highest BCUT2D eigenvalue weighted by molar-refractivity contribution is 7.17. The first-order chi connectivity index (χ1) is 12.0. The van der Waals surface area contributed by atoms with Crippen molar-refractivity contribution >= 4 is 39.6 Å². The van der Waals surface area contributed by atoms with Crippen LogP contribution in [0.2, 0.25) is 0 Å². The summed E-state index contributed by atoms with van der Waals surface area (Å²) >= 11 is 2.52. The van der Waals surface area contributed by atoms with Gasteiger partial charge in [0.05, 0.1) is 12.7 Å². The third-order valence-corrected chi connectivity index (χ3v) is 6.43. The van der Waals surface area contributed by atoms with Gasteiger partial charge in [0, 0.05) is 16.0 Å². The van der Waals surface area contributed by atoms with Gasteiger partial charge in [-0.05, 0) is 38.2 Å². The number of hydrogen-bond acceptors (Lipinski definition) is 6. The number of methoxy groups -OCH3 is 1. The molecule has 25 heavy (non-hydrogen) atoms. The number of anilines is 1. The van der Waals surface area contributed by atoms with E-state index in [1.54, 1.807) is 12.3 Å². The van der Waals surface area contributed by atoms with E-state index in [1.165, 1.54) is 23.0 Å². The van der Waals surface area contributed by atoms with Gasteiger partial charge in [0.15, 0.2) is 0 Å². The van der Waals surface area contributed by atoms with Gasteiger partial charge in [0.2, 0.25) is 5.91 Å². The summed E-state index contributed by atoms with van der Waals surface area (Å²) in [6.45, 7) is 1.73. The van der Waals surface area contributed by atoms with Crippen molar-refractivity contribution in [2.45, 2.75) is 45.6 Å². The molecule has 0 bridgehead atoms. The molecule has 1 aliphatic carbocycles. The summed E-state index contributed by atoms with van der Waals surface area (Å²) < 4.78 is 6.36. The van der Waals surface area contributed by atoms with Crippen LogP contribution in [-0.4, -0.2) is 23.6 Å². The van der Waals surface area contributed by atoms with E-state index < -0.39 is 5.97 Å². The summed E-state index contributed by atoms with van der Waals surface area (Å²) in [4.78, 5) is 37.4. The van der Waals surface area contributed by atoms with E-state index in [4.69, 9.17) is 4.74 Å². The quantitative estimate of drug-likeness (QED) is 0.653. The number of amides is 1. The van der Waals surface area contributed by atoms with E-state index in [1.807, 2.05) is 0 Å². The second-order valence-corrected chi connectivity index (χ2v) is 7.96. The van der Waals surface area contributed by atoms with Crippen molar-refractivity contribution in [3.63, 3.8) is 0 Å². The number of aryl methyl sites for hydroxylation is 2. The fourth-order valence-electron chi connectivity index (χ4n) is 3.05. The van der Waals surface area contributed by atoms with Crippen molar-refractivity contribution in [1.29, 1.82) is 0 Å². The maximum atomic E-state index is 12.4. The SMILES string of the molecule is COC(=O)c1c(NC(=O)Cn2c(C)csc2=O)sc2c1CCCCC2. The van der Waals surface area contributed by atoms with Crippen molar-refractivity contribution in [3.05, 3.63) is 36.7 Å². The van der Waals surface area contributed by atoms with Crippen LogP contribution in [0.15, 0.2) is 10.2 Å². The number of nitrogens with one attached hydrogen (secondary N) is 1. The van der Waals surface area contributed by atoms with E-state index in [0.29, 0.717) is 10.6 Å². The number of fused-ring (bicyclic) bond motifs is 1. The molecule has 0 radical (unpaired) electrons.